The van der Waals surface area contributed by atoms with E-state index >= 15 is 0 Å². The molecular formula is C11H23N3O3S. The highest BCUT2D eigenvalue weighted by atomic mass is 32.2. The van der Waals surface area contributed by atoms with Crippen molar-refractivity contribution in [3.05, 3.63) is 0 Å². The molecule has 2 aliphatic heterocycles. The lowest BCUT2D eigenvalue weighted by Gasteiger charge is -2.36. The van der Waals surface area contributed by atoms with E-state index in [-0.39, 0.29) is 6.10 Å². The summed E-state index contributed by atoms with van der Waals surface area (Å²) in [6, 6.07) is 0. The summed E-state index contributed by atoms with van der Waals surface area (Å²) in [4.78, 5) is 0. The Balaban J connectivity index is 1.99. The molecule has 2 heterocycles. The Bertz CT molecular complexity index is 353. The fourth-order valence-corrected chi connectivity index (χ4v) is 4.22. The molecule has 0 aromatic rings. The van der Waals surface area contributed by atoms with Crippen molar-refractivity contribution < 1.29 is 13.2 Å². The van der Waals surface area contributed by atoms with Gasteiger partial charge in [0.1, 0.15) is 0 Å². The van der Waals surface area contributed by atoms with Crippen LogP contribution in [0.15, 0.2) is 0 Å². The average molecular weight is 277 g/mol. The second-order valence-electron chi connectivity index (χ2n) is 4.88. The van der Waals surface area contributed by atoms with Crippen molar-refractivity contribution >= 4 is 10.2 Å². The highest BCUT2D eigenvalue weighted by Gasteiger charge is 2.34. The molecule has 0 spiro atoms. The minimum atomic E-state index is -3.28. The second-order valence-corrected chi connectivity index (χ2v) is 6.80. The van der Waals surface area contributed by atoms with Crippen molar-refractivity contribution in [1.29, 1.82) is 0 Å². The van der Waals surface area contributed by atoms with Crippen LogP contribution in [0.5, 0.6) is 0 Å². The Morgan fingerprint density at radius 3 is 2.56 bits per heavy atom. The standard InChI is InChI=1S/C11H23N3O3S/c1-12-9-11-10-14(7-8-17-11)18(15,16)13-5-3-2-4-6-13/h11-12H,2-10H2,1H3. The molecule has 0 aromatic carbocycles. The molecule has 1 atom stereocenters. The van der Waals surface area contributed by atoms with Crippen molar-refractivity contribution in [2.75, 3.05) is 46.4 Å². The van der Waals surface area contributed by atoms with E-state index in [2.05, 4.69) is 5.32 Å². The number of morpholine rings is 1. The highest BCUT2D eigenvalue weighted by Crippen LogP contribution is 2.18. The summed E-state index contributed by atoms with van der Waals surface area (Å²) in [6.45, 7) is 3.43. The molecule has 2 rings (SSSR count). The number of nitrogens with one attached hydrogen (secondary N) is 1. The van der Waals surface area contributed by atoms with E-state index in [0.717, 1.165) is 19.3 Å². The molecular weight excluding hydrogens is 254 g/mol. The summed E-state index contributed by atoms with van der Waals surface area (Å²) >= 11 is 0. The summed E-state index contributed by atoms with van der Waals surface area (Å²) < 4.78 is 33.7. The van der Waals surface area contributed by atoms with Gasteiger partial charge < -0.3 is 10.1 Å². The van der Waals surface area contributed by atoms with E-state index in [1.165, 1.54) is 0 Å². The maximum absolute atomic E-state index is 12.5. The summed E-state index contributed by atoms with van der Waals surface area (Å²) in [5.41, 5.74) is 0. The second kappa shape index (κ2) is 6.29. The van der Waals surface area contributed by atoms with Crippen LogP contribution in [0, 0.1) is 0 Å². The quantitative estimate of drug-likeness (QED) is 0.762. The van der Waals surface area contributed by atoms with Gasteiger partial charge in [-0.1, -0.05) is 6.42 Å². The van der Waals surface area contributed by atoms with Crippen LogP contribution in [0.3, 0.4) is 0 Å². The van der Waals surface area contributed by atoms with Gasteiger partial charge in [-0.3, -0.25) is 0 Å². The van der Waals surface area contributed by atoms with E-state index in [1.54, 1.807) is 8.61 Å². The lowest BCUT2D eigenvalue weighted by molar-refractivity contribution is -0.00111. The Hall–Kier alpha value is -0.210. The lowest BCUT2D eigenvalue weighted by Crippen LogP contribution is -2.53. The number of hydrogen-bond donors (Lipinski definition) is 1. The van der Waals surface area contributed by atoms with Gasteiger partial charge in [-0.05, 0) is 19.9 Å². The smallest absolute Gasteiger partial charge is 0.282 e. The summed E-state index contributed by atoms with van der Waals surface area (Å²) in [5.74, 6) is 0. The molecule has 106 valence electrons. The zero-order valence-corrected chi connectivity index (χ0v) is 11.8. The predicted molar refractivity (Wildman–Crippen MR) is 69.6 cm³/mol. The van der Waals surface area contributed by atoms with E-state index in [4.69, 9.17) is 4.74 Å². The Kier molecular flexibility index (Phi) is 4.97. The zero-order chi connectivity index (χ0) is 13.0. The first kappa shape index (κ1) is 14.2. The van der Waals surface area contributed by atoms with Gasteiger partial charge >= 0.3 is 0 Å². The molecule has 2 fully saturated rings. The molecule has 1 N–H and O–H groups in total. The topological polar surface area (TPSA) is 61.9 Å². The van der Waals surface area contributed by atoms with Gasteiger partial charge in [0.2, 0.25) is 0 Å². The van der Waals surface area contributed by atoms with Crippen LogP contribution in [-0.2, 0) is 14.9 Å². The number of ether oxygens (including phenoxy) is 1. The molecule has 0 aromatic heterocycles. The SMILES string of the molecule is CNCC1CN(S(=O)(=O)N2CCCCC2)CCO1. The van der Waals surface area contributed by atoms with Crippen molar-refractivity contribution in [2.24, 2.45) is 0 Å². The van der Waals surface area contributed by atoms with E-state index in [1.807, 2.05) is 7.05 Å². The molecule has 0 radical (unpaired) electrons. The number of piperidine rings is 1. The third-order valence-corrected chi connectivity index (χ3v) is 5.50. The Labute approximate surface area is 109 Å². The Morgan fingerprint density at radius 1 is 1.17 bits per heavy atom. The highest BCUT2D eigenvalue weighted by molar-refractivity contribution is 7.86. The van der Waals surface area contributed by atoms with E-state index < -0.39 is 10.2 Å². The molecule has 0 saturated carbocycles. The third kappa shape index (κ3) is 3.21. The van der Waals surface area contributed by atoms with Gasteiger partial charge in [-0.25, -0.2) is 0 Å². The molecule has 2 saturated heterocycles. The largest absolute Gasteiger partial charge is 0.374 e. The molecule has 18 heavy (non-hydrogen) atoms. The van der Waals surface area contributed by atoms with Gasteiger partial charge in [-0.15, -0.1) is 0 Å². The monoisotopic (exact) mass is 277 g/mol. The number of hydrogen-bond acceptors (Lipinski definition) is 4. The molecule has 0 bridgehead atoms. The summed E-state index contributed by atoms with van der Waals surface area (Å²) in [5, 5.41) is 3.03. The van der Waals surface area contributed by atoms with Gasteiger partial charge in [0.25, 0.3) is 10.2 Å². The average Bonchev–Trinajstić information content (AvgIpc) is 2.40. The fraction of sp³-hybridized carbons (Fsp3) is 1.00. The van der Waals surface area contributed by atoms with Crippen LogP contribution in [-0.4, -0.2) is 69.5 Å². The molecule has 2 aliphatic rings. The summed E-state index contributed by atoms with van der Waals surface area (Å²) in [6.07, 6.45) is 3.05. The van der Waals surface area contributed by atoms with E-state index in [9.17, 15) is 8.42 Å². The number of nitrogens with zero attached hydrogens (tertiary/aromatic N) is 2. The zero-order valence-electron chi connectivity index (χ0n) is 11.0. The predicted octanol–water partition coefficient (Wildman–Crippen LogP) is -0.363. The lowest BCUT2D eigenvalue weighted by atomic mass is 10.2. The van der Waals surface area contributed by atoms with Crippen LogP contribution < -0.4 is 5.32 Å². The maximum Gasteiger partial charge on any atom is 0.282 e. The molecule has 1 unspecified atom stereocenters. The minimum Gasteiger partial charge on any atom is -0.374 e. The fourth-order valence-electron chi connectivity index (χ4n) is 2.51. The van der Waals surface area contributed by atoms with Crippen LogP contribution in [0.2, 0.25) is 0 Å². The maximum atomic E-state index is 12.5. The normalized spacial score (nSPS) is 28.4. The molecule has 6 nitrogen and oxygen atoms in total. The van der Waals surface area contributed by atoms with Crippen molar-refractivity contribution in [1.82, 2.24) is 13.9 Å². The van der Waals surface area contributed by atoms with E-state index in [0.29, 0.717) is 39.3 Å². The van der Waals surface area contributed by atoms with Gasteiger partial charge in [0.15, 0.2) is 0 Å². The van der Waals surface area contributed by atoms with Gasteiger partial charge in [-0.2, -0.15) is 17.0 Å². The van der Waals surface area contributed by atoms with Gasteiger partial charge in [0, 0.05) is 32.7 Å². The van der Waals surface area contributed by atoms with Crippen molar-refractivity contribution in [3.63, 3.8) is 0 Å². The van der Waals surface area contributed by atoms with Crippen molar-refractivity contribution in [3.8, 4) is 0 Å². The minimum absolute atomic E-state index is 0.0386. The number of likely N-dealkylation sites (N-methyl/N-ethyl adjacent to an activating group) is 1. The van der Waals surface area contributed by atoms with Crippen LogP contribution in [0.4, 0.5) is 0 Å². The summed E-state index contributed by atoms with van der Waals surface area (Å²) in [7, 11) is -1.43. The number of rotatable bonds is 4. The van der Waals surface area contributed by atoms with Gasteiger partial charge in [0.05, 0.1) is 12.7 Å². The first-order chi connectivity index (χ1) is 8.64. The Morgan fingerprint density at radius 2 is 1.89 bits per heavy atom. The first-order valence-corrected chi connectivity index (χ1v) is 8.05. The third-order valence-electron chi connectivity index (χ3n) is 3.50. The molecule has 0 amide bonds. The van der Waals surface area contributed by atoms with Crippen LogP contribution >= 0.6 is 0 Å². The molecule has 7 heteroatoms. The van der Waals surface area contributed by atoms with Crippen LogP contribution in [0.25, 0.3) is 0 Å². The first-order valence-electron chi connectivity index (χ1n) is 6.66. The van der Waals surface area contributed by atoms with Crippen molar-refractivity contribution in [2.45, 2.75) is 25.4 Å². The van der Waals surface area contributed by atoms with Crippen LogP contribution in [0.1, 0.15) is 19.3 Å². The molecule has 0 aliphatic carbocycles.